The fraction of sp³-hybridized carbons (Fsp3) is 0.467. The van der Waals surface area contributed by atoms with Crippen LogP contribution in [0.15, 0.2) is 28.7 Å². The molecule has 3 nitrogen and oxygen atoms in total. The Hall–Kier alpha value is -1.39. The molecule has 104 valence electrons. The van der Waals surface area contributed by atoms with E-state index in [-0.39, 0.29) is 11.9 Å². The topological polar surface area (TPSA) is 34.4 Å². The van der Waals surface area contributed by atoms with Crippen LogP contribution in [-0.4, -0.2) is 19.8 Å². The van der Waals surface area contributed by atoms with Crippen molar-refractivity contribution in [3.63, 3.8) is 0 Å². The Labute approximate surface area is 112 Å². The first-order valence-corrected chi connectivity index (χ1v) is 6.75. The maximum Gasteiger partial charge on any atom is 0.169 e. The molecule has 2 rings (SSSR count). The van der Waals surface area contributed by atoms with E-state index < -0.39 is 0 Å². The second-order valence-corrected chi connectivity index (χ2v) is 4.49. The molecular weight excluding hydrogens is 245 g/mol. The molecule has 0 radical (unpaired) electrons. The Balaban J connectivity index is 2.20. The Morgan fingerprint density at radius 3 is 2.89 bits per heavy atom. The third-order valence-electron chi connectivity index (χ3n) is 2.94. The molecule has 4 heteroatoms. The van der Waals surface area contributed by atoms with Gasteiger partial charge in [0.05, 0.1) is 12.6 Å². The molecule has 1 N–H and O–H groups in total. The van der Waals surface area contributed by atoms with Gasteiger partial charge in [-0.25, -0.2) is 4.39 Å². The molecule has 0 saturated heterocycles. The van der Waals surface area contributed by atoms with E-state index in [0.717, 1.165) is 30.7 Å². The van der Waals surface area contributed by atoms with Crippen LogP contribution in [0.4, 0.5) is 4.39 Å². The van der Waals surface area contributed by atoms with Crippen LogP contribution < -0.4 is 5.32 Å². The summed E-state index contributed by atoms with van der Waals surface area (Å²) in [4.78, 5) is 0. The van der Waals surface area contributed by atoms with Crippen LogP contribution in [-0.2, 0) is 4.74 Å². The lowest BCUT2D eigenvalue weighted by Gasteiger charge is -2.15. The number of nitrogens with one attached hydrogen (secondary N) is 1. The van der Waals surface area contributed by atoms with Gasteiger partial charge in [-0.15, -0.1) is 0 Å². The summed E-state index contributed by atoms with van der Waals surface area (Å²) < 4.78 is 24.8. The molecule has 19 heavy (non-hydrogen) atoms. The normalized spacial score (nSPS) is 13.0. The maximum atomic E-state index is 13.6. The van der Waals surface area contributed by atoms with E-state index >= 15 is 0 Å². The highest BCUT2D eigenvalue weighted by molar-refractivity contribution is 5.78. The Morgan fingerprint density at radius 1 is 1.37 bits per heavy atom. The summed E-state index contributed by atoms with van der Waals surface area (Å²) in [5.74, 6) is 0.395. The van der Waals surface area contributed by atoms with Gasteiger partial charge in [0.1, 0.15) is 5.76 Å². The van der Waals surface area contributed by atoms with Gasteiger partial charge in [0.2, 0.25) is 0 Å². The van der Waals surface area contributed by atoms with Gasteiger partial charge in [-0.05, 0) is 25.1 Å². The molecule has 0 saturated carbocycles. The molecule has 0 spiro atoms. The van der Waals surface area contributed by atoms with Gasteiger partial charge in [0, 0.05) is 12.0 Å². The summed E-state index contributed by atoms with van der Waals surface area (Å²) in [7, 11) is 0. The first-order chi connectivity index (χ1) is 9.26. The van der Waals surface area contributed by atoms with Gasteiger partial charge in [-0.2, -0.15) is 0 Å². The second-order valence-electron chi connectivity index (χ2n) is 4.49. The maximum absolute atomic E-state index is 13.6. The predicted molar refractivity (Wildman–Crippen MR) is 73.7 cm³/mol. The average molecular weight is 265 g/mol. The molecule has 0 bridgehead atoms. The van der Waals surface area contributed by atoms with Crippen LogP contribution in [0.5, 0.6) is 0 Å². The third kappa shape index (κ3) is 3.33. The monoisotopic (exact) mass is 265 g/mol. The standard InChI is InChI=1S/C15H20FNO2/c1-3-8-18-10-13(17-4-2)14-9-11-6-5-7-12(16)15(11)19-14/h5-7,9,13,17H,3-4,8,10H2,1-2H3. The molecule has 1 atom stereocenters. The fourth-order valence-electron chi connectivity index (χ4n) is 2.05. The highest BCUT2D eigenvalue weighted by atomic mass is 19.1. The summed E-state index contributed by atoms with van der Waals surface area (Å²) in [6.07, 6.45) is 0.980. The zero-order chi connectivity index (χ0) is 13.7. The third-order valence-corrected chi connectivity index (χ3v) is 2.94. The summed E-state index contributed by atoms with van der Waals surface area (Å²) in [5.41, 5.74) is 0.316. The Bertz CT molecular complexity index is 524. The lowest BCUT2D eigenvalue weighted by Crippen LogP contribution is -2.25. The highest BCUT2D eigenvalue weighted by Crippen LogP contribution is 2.26. The number of hydrogen-bond acceptors (Lipinski definition) is 3. The zero-order valence-electron chi connectivity index (χ0n) is 11.4. The van der Waals surface area contributed by atoms with Crippen molar-refractivity contribution in [3.05, 3.63) is 35.8 Å². The number of furan rings is 1. The number of para-hydroxylation sites is 1. The van der Waals surface area contributed by atoms with Crippen LogP contribution in [0.2, 0.25) is 0 Å². The highest BCUT2D eigenvalue weighted by Gasteiger charge is 2.17. The summed E-state index contributed by atoms with van der Waals surface area (Å²) in [6, 6.07) is 6.78. The minimum Gasteiger partial charge on any atom is -0.456 e. The molecule has 1 heterocycles. The molecule has 0 amide bonds. The second kappa shape index (κ2) is 6.68. The van der Waals surface area contributed by atoms with Gasteiger partial charge in [-0.3, -0.25) is 0 Å². The van der Waals surface area contributed by atoms with E-state index in [2.05, 4.69) is 12.2 Å². The lowest BCUT2D eigenvalue weighted by molar-refractivity contribution is 0.106. The van der Waals surface area contributed by atoms with E-state index in [0.29, 0.717) is 12.2 Å². The zero-order valence-corrected chi connectivity index (χ0v) is 11.4. The Kier molecular flexibility index (Phi) is 4.93. The van der Waals surface area contributed by atoms with Gasteiger partial charge < -0.3 is 14.5 Å². The summed E-state index contributed by atoms with van der Waals surface area (Å²) >= 11 is 0. The van der Waals surface area contributed by atoms with E-state index in [1.807, 2.05) is 19.1 Å². The number of halogens is 1. The van der Waals surface area contributed by atoms with Crippen molar-refractivity contribution in [2.45, 2.75) is 26.3 Å². The van der Waals surface area contributed by atoms with Crippen molar-refractivity contribution in [1.82, 2.24) is 5.32 Å². The van der Waals surface area contributed by atoms with Crippen molar-refractivity contribution in [2.24, 2.45) is 0 Å². The molecule has 0 aliphatic carbocycles. The molecule has 2 aromatic rings. The molecule has 0 aliphatic heterocycles. The van der Waals surface area contributed by atoms with Crippen LogP contribution in [0.1, 0.15) is 32.1 Å². The van der Waals surface area contributed by atoms with Crippen molar-refractivity contribution >= 4 is 11.0 Å². The van der Waals surface area contributed by atoms with Gasteiger partial charge in [0.15, 0.2) is 11.4 Å². The van der Waals surface area contributed by atoms with E-state index in [1.165, 1.54) is 6.07 Å². The van der Waals surface area contributed by atoms with E-state index in [4.69, 9.17) is 9.15 Å². The van der Waals surface area contributed by atoms with Crippen molar-refractivity contribution < 1.29 is 13.5 Å². The molecular formula is C15H20FNO2. The Morgan fingerprint density at radius 2 is 2.21 bits per heavy atom. The number of rotatable bonds is 7. The predicted octanol–water partition coefficient (Wildman–Crippen LogP) is 3.65. The number of likely N-dealkylation sites (N-methyl/N-ethyl adjacent to an activating group) is 1. The molecule has 0 fully saturated rings. The van der Waals surface area contributed by atoms with Crippen molar-refractivity contribution in [2.75, 3.05) is 19.8 Å². The van der Waals surface area contributed by atoms with E-state index in [9.17, 15) is 4.39 Å². The SMILES string of the molecule is CCCOCC(NCC)c1cc2cccc(F)c2o1. The minimum atomic E-state index is -0.325. The number of hydrogen-bond donors (Lipinski definition) is 1. The quantitative estimate of drug-likeness (QED) is 0.776. The van der Waals surface area contributed by atoms with Crippen molar-refractivity contribution in [3.8, 4) is 0 Å². The molecule has 0 aliphatic rings. The molecule has 1 aromatic heterocycles. The van der Waals surface area contributed by atoms with Crippen LogP contribution in [0.25, 0.3) is 11.0 Å². The number of ether oxygens (including phenoxy) is 1. The minimum absolute atomic E-state index is 0.0386. The van der Waals surface area contributed by atoms with Crippen LogP contribution >= 0.6 is 0 Å². The number of fused-ring (bicyclic) bond motifs is 1. The van der Waals surface area contributed by atoms with E-state index in [1.54, 1.807) is 6.07 Å². The average Bonchev–Trinajstić information content (AvgIpc) is 2.83. The first-order valence-electron chi connectivity index (χ1n) is 6.75. The smallest absolute Gasteiger partial charge is 0.169 e. The summed E-state index contributed by atoms with van der Waals surface area (Å²) in [6.45, 7) is 6.15. The molecule has 1 unspecified atom stereocenters. The fourth-order valence-corrected chi connectivity index (χ4v) is 2.05. The van der Waals surface area contributed by atoms with Gasteiger partial charge in [-0.1, -0.05) is 26.0 Å². The van der Waals surface area contributed by atoms with Crippen molar-refractivity contribution in [1.29, 1.82) is 0 Å². The molecule has 1 aromatic carbocycles. The first kappa shape index (κ1) is 14.0. The number of benzene rings is 1. The van der Waals surface area contributed by atoms with Crippen LogP contribution in [0.3, 0.4) is 0 Å². The van der Waals surface area contributed by atoms with Crippen LogP contribution in [0, 0.1) is 5.82 Å². The van der Waals surface area contributed by atoms with Gasteiger partial charge in [0.25, 0.3) is 0 Å². The lowest BCUT2D eigenvalue weighted by atomic mass is 10.2. The summed E-state index contributed by atoms with van der Waals surface area (Å²) in [5, 5.41) is 4.08. The van der Waals surface area contributed by atoms with Gasteiger partial charge >= 0.3 is 0 Å². The largest absolute Gasteiger partial charge is 0.456 e.